The Kier molecular flexibility index (Phi) is 4.71. The Morgan fingerprint density at radius 2 is 2.27 bits per heavy atom. The molecular weight excluding hydrogens is 210 g/mol. The van der Waals surface area contributed by atoms with Crippen LogP contribution < -0.4 is 10.6 Å². The highest BCUT2D eigenvalue weighted by molar-refractivity contribution is 7.15. The van der Waals surface area contributed by atoms with Gasteiger partial charge < -0.3 is 10.6 Å². The normalized spacial score (nSPS) is 10.3. The van der Waals surface area contributed by atoms with Crippen molar-refractivity contribution in [2.75, 3.05) is 18.9 Å². The van der Waals surface area contributed by atoms with Crippen molar-refractivity contribution in [1.29, 1.82) is 0 Å². The lowest BCUT2D eigenvalue weighted by Crippen LogP contribution is -2.18. The Labute approximate surface area is 94.1 Å². The lowest BCUT2D eigenvalue weighted by atomic mass is 10.3. The van der Waals surface area contributed by atoms with Crippen molar-refractivity contribution < 1.29 is 4.79 Å². The average Bonchev–Trinajstić information content (AvgIpc) is 2.55. The maximum atomic E-state index is 11.4. The minimum atomic E-state index is 0.0146. The number of anilines is 1. The van der Waals surface area contributed by atoms with E-state index in [1.54, 1.807) is 0 Å². The molecule has 0 aliphatic carbocycles. The number of aryl methyl sites for hydroxylation is 2. The SMILES string of the molecule is CCc1nc(NC(=O)CCNC)sc1C. The summed E-state index contributed by atoms with van der Waals surface area (Å²) in [7, 11) is 1.83. The molecule has 0 spiro atoms. The first-order valence-corrected chi connectivity index (χ1v) is 5.89. The van der Waals surface area contributed by atoms with Crippen LogP contribution in [0.1, 0.15) is 23.9 Å². The summed E-state index contributed by atoms with van der Waals surface area (Å²) in [6.45, 7) is 4.78. The van der Waals surface area contributed by atoms with E-state index in [9.17, 15) is 4.79 Å². The number of hydrogen-bond acceptors (Lipinski definition) is 4. The van der Waals surface area contributed by atoms with E-state index in [2.05, 4.69) is 22.5 Å². The van der Waals surface area contributed by atoms with E-state index < -0.39 is 0 Å². The van der Waals surface area contributed by atoms with Gasteiger partial charge in [0.15, 0.2) is 5.13 Å². The molecule has 1 aromatic heterocycles. The van der Waals surface area contributed by atoms with Gasteiger partial charge in [0.25, 0.3) is 0 Å². The molecule has 0 radical (unpaired) electrons. The first-order chi connectivity index (χ1) is 7.17. The van der Waals surface area contributed by atoms with Gasteiger partial charge in [0, 0.05) is 17.8 Å². The van der Waals surface area contributed by atoms with Crippen LogP contribution in [-0.4, -0.2) is 24.5 Å². The highest BCUT2D eigenvalue weighted by Gasteiger charge is 2.08. The Hall–Kier alpha value is -0.940. The predicted octanol–water partition coefficient (Wildman–Crippen LogP) is 1.56. The standard InChI is InChI=1S/C10H17N3OS/c1-4-8-7(2)15-10(12-8)13-9(14)5-6-11-3/h11H,4-6H2,1-3H3,(H,12,13,14). The summed E-state index contributed by atoms with van der Waals surface area (Å²) >= 11 is 1.54. The van der Waals surface area contributed by atoms with Crippen LogP contribution >= 0.6 is 11.3 Å². The zero-order chi connectivity index (χ0) is 11.3. The minimum absolute atomic E-state index is 0.0146. The van der Waals surface area contributed by atoms with Crippen LogP contribution in [0, 0.1) is 6.92 Å². The third kappa shape index (κ3) is 3.60. The number of rotatable bonds is 5. The first-order valence-electron chi connectivity index (χ1n) is 5.08. The number of nitrogens with one attached hydrogen (secondary N) is 2. The van der Waals surface area contributed by atoms with E-state index in [0.29, 0.717) is 18.1 Å². The fourth-order valence-corrected chi connectivity index (χ4v) is 2.15. The van der Waals surface area contributed by atoms with Gasteiger partial charge in [0.1, 0.15) is 0 Å². The molecule has 15 heavy (non-hydrogen) atoms. The van der Waals surface area contributed by atoms with Crippen LogP contribution in [0.5, 0.6) is 0 Å². The molecule has 1 amide bonds. The molecule has 1 aromatic rings. The fourth-order valence-electron chi connectivity index (χ4n) is 1.23. The van der Waals surface area contributed by atoms with Gasteiger partial charge in [-0.3, -0.25) is 4.79 Å². The maximum Gasteiger partial charge on any atom is 0.227 e. The van der Waals surface area contributed by atoms with E-state index in [1.165, 1.54) is 16.2 Å². The summed E-state index contributed by atoms with van der Waals surface area (Å²) in [5, 5.41) is 6.45. The van der Waals surface area contributed by atoms with Crippen molar-refractivity contribution in [2.45, 2.75) is 26.7 Å². The molecule has 0 saturated heterocycles. The number of nitrogens with zero attached hydrogens (tertiary/aromatic N) is 1. The van der Waals surface area contributed by atoms with Crippen LogP contribution in [0.15, 0.2) is 0 Å². The second kappa shape index (κ2) is 5.82. The summed E-state index contributed by atoms with van der Waals surface area (Å²) in [4.78, 5) is 16.9. The van der Waals surface area contributed by atoms with Crippen molar-refractivity contribution in [1.82, 2.24) is 10.3 Å². The summed E-state index contributed by atoms with van der Waals surface area (Å²) in [6.07, 6.45) is 1.39. The molecule has 0 fully saturated rings. The smallest absolute Gasteiger partial charge is 0.227 e. The summed E-state index contributed by atoms with van der Waals surface area (Å²) in [6, 6.07) is 0. The Bertz CT molecular complexity index is 335. The molecule has 0 aliphatic heterocycles. The molecule has 0 unspecified atom stereocenters. The van der Waals surface area contributed by atoms with Gasteiger partial charge in [0.05, 0.1) is 5.69 Å². The van der Waals surface area contributed by atoms with E-state index in [-0.39, 0.29) is 5.91 Å². The van der Waals surface area contributed by atoms with Gasteiger partial charge in [-0.25, -0.2) is 4.98 Å². The van der Waals surface area contributed by atoms with Gasteiger partial charge in [0.2, 0.25) is 5.91 Å². The van der Waals surface area contributed by atoms with Crippen molar-refractivity contribution in [3.05, 3.63) is 10.6 Å². The zero-order valence-electron chi connectivity index (χ0n) is 9.39. The van der Waals surface area contributed by atoms with Crippen molar-refractivity contribution in [2.24, 2.45) is 0 Å². The number of hydrogen-bond donors (Lipinski definition) is 2. The molecule has 5 heteroatoms. The zero-order valence-corrected chi connectivity index (χ0v) is 10.2. The molecule has 1 rings (SSSR count). The van der Waals surface area contributed by atoms with Gasteiger partial charge in [-0.15, -0.1) is 11.3 Å². The lowest BCUT2D eigenvalue weighted by molar-refractivity contribution is -0.116. The average molecular weight is 227 g/mol. The minimum Gasteiger partial charge on any atom is -0.319 e. The third-order valence-electron chi connectivity index (χ3n) is 2.08. The van der Waals surface area contributed by atoms with Gasteiger partial charge in [-0.1, -0.05) is 6.92 Å². The number of carbonyl (C=O) groups is 1. The van der Waals surface area contributed by atoms with Gasteiger partial charge >= 0.3 is 0 Å². The molecule has 0 aliphatic rings. The molecule has 2 N–H and O–H groups in total. The molecule has 4 nitrogen and oxygen atoms in total. The number of thiazole rings is 1. The lowest BCUT2D eigenvalue weighted by Gasteiger charge is -2.00. The topological polar surface area (TPSA) is 54.0 Å². The van der Waals surface area contributed by atoms with E-state index >= 15 is 0 Å². The predicted molar refractivity (Wildman–Crippen MR) is 63.4 cm³/mol. The van der Waals surface area contributed by atoms with Crippen molar-refractivity contribution in [3.8, 4) is 0 Å². The molecule has 0 saturated carbocycles. The second-order valence-corrected chi connectivity index (χ2v) is 4.48. The van der Waals surface area contributed by atoms with Crippen molar-refractivity contribution in [3.63, 3.8) is 0 Å². The Balaban J connectivity index is 2.53. The van der Waals surface area contributed by atoms with Gasteiger partial charge in [-0.2, -0.15) is 0 Å². The molecule has 84 valence electrons. The maximum absolute atomic E-state index is 11.4. The number of aromatic nitrogens is 1. The van der Waals surface area contributed by atoms with Crippen LogP contribution in [0.4, 0.5) is 5.13 Å². The van der Waals surface area contributed by atoms with Crippen LogP contribution in [0.25, 0.3) is 0 Å². The van der Waals surface area contributed by atoms with Crippen LogP contribution in [0.3, 0.4) is 0 Å². The third-order valence-corrected chi connectivity index (χ3v) is 3.00. The van der Waals surface area contributed by atoms with Gasteiger partial charge in [-0.05, 0) is 20.4 Å². The van der Waals surface area contributed by atoms with Crippen molar-refractivity contribution >= 4 is 22.4 Å². The van der Waals surface area contributed by atoms with Crippen LogP contribution in [0.2, 0.25) is 0 Å². The highest BCUT2D eigenvalue weighted by atomic mass is 32.1. The van der Waals surface area contributed by atoms with Crippen LogP contribution in [-0.2, 0) is 11.2 Å². The summed E-state index contributed by atoms with van der Waals surface area (Å²) in [5.74, 6) is 0.0146. The monoisotopic (exact) mass is 227 g/mol. The first kappa shape index (κ1) is 12.1. The van der Waals surface area contributed by atoms with E-state index in [0.717, 1.165) is 12.1 Å². The second-order valence-electron chi connectivity index (χ2n) is 3.28. The Morgan fingerprint density at radius 1 is 1.53 bits per heavy atom. The fraction of sp³-hybridized carbons (Fsp3) is 0.600. The van der Waals surface area contributed by atoms with E-state index in [1.807, 2.05) is 14.0 Å². The van der Waals surface area contributed by atoms with E-state index in [4.69, 9.17) is 0 Å². The molecule has 0 atom stereocenters. The largest absolute Gasteiger partial charge is 0.319 e. The highest BCUT2D eigenvalue weighted by Crippen LogP contribution is 2.22. The number of carbonyl (C=O) groups excluding carboxylic acids is 1. The Morgan fingerprint density at radius 3 is 2.80 bits per heavy atom. The number of amides is 1. The molecule has 0 bridgehead atoms. The summed E-state index contributed by atoms with van der Waals surface area (Å²) < 4.78 is 0. The quantitative estimate of drug-likeness (QED) is 0.802. The molecule has 0 aromatic carbocycles. The summed E-state index contributed by atoms with van der Waals surface area (Å²) in [5.41, 5.74) is 1.07. The molecular formula is C10H17N3OS. The molecule has 1 heterocycles.